The van der Waals surface area contributed by atoms with Crippen LogP contribution >= 0.6 is 0 Å². The Hall–Kier alpha value is -3.06. The van der Waals surface area contributed by atoms with Crippen molar-refractivity contribution in [3.05, 3.63) is 48.0 Å². The number of methoxy groups -OCH3 is 2. The van der Waals surface area contributed by atoms with E-state index in [1.54, 1.807) is 42.5 Å². The van der Waals surface area contributed by atoms with Gasteiger partial charge in [0, 0.05) is 11.4 Å². The van der Waals surface area contributed by atoms with Gasteiger partial charge in [0.1, 0.15) is 0 Å². The minimum atomic E-state index is -0.303. The molecule has 0 saturated carbocycles. The number of para-hydroxylation sites is 1. The molecule has 154 valence electrons. The van der Waals surface area contributed by atoms with Crippen molar-refractivity contribution in [2.75, 3.05) is 44.5 Å². The summed E-state index contributed by atoms with van der Waals surface area (Å²) in [5, 5.41) is 5.74. The van der Waals surface area contributed by atoms with E-state index in [0.717, 1.165) is 25.9 Å². The number of carbonyl (C=O) groups excluding carboxylic acids is 2. The summed E-state index contributed by atoms with van der Waals surface area (Å²) < 4.78 is 10.5. The normalized spacial score (nSPS) is 14.1. The van der Waals surface area contributed by atoms with Crippen molar-refractivity contribution in [3.8, 4) is 11.5 Å². The van der Waals surface area contributed by atoms with Crippen molar-refractivity contribution in [2.24, 2.45) is 0 Å². The highest BCUT2D eigenvalue weighted by molar-refractivity contribution is 6.06. The van der Waals surface area contributed by atoms with Gasteiger partial charge in [0.15, 0.2) is 11.5 Å². The molecule has 0 aliphatic carbocycles. The van der Waals surface area contributed by atoms with E-state index in [0.29, 0.717) is 35.0 Å². The fourth-order valence-electron chi connectivity index (χ4n) is 3.42. The number of benzene rings is 2. The molecular weight excluding hydrogens is 370 g/mol. The van der Waals surface area contributed by atoms with Crippen LogP contribution in [0.1, 0.15) is 29.6 Å². The lowest BCUT2D eigenvalue weighted by atomic mass is 10.1. The molecule has 0 bridgehead atoms. The zero-order chi connectivity index (χ0) is 20.6. The fourth-order valence-corrected chi connectivity index (χ4v) is 3.42. The van der Waals surface area contributed by atoms with Crippen LogP contribution in [0.5, 0.6) is 11.5 Å². The molecule has 7 heteroatoms. The molecule has 0 spiro atoms. The Morgan fingerprint density at radius 2 is 1.55 bits per heavy atom. The summed E-state index contributed by atoms with van der Waals surface area (Å²) in [7, 11) is 3.02. The highest BCUT2D eigenvalue weighted by atomic mass is 16.5. The van der Waals surface area contributed by atoms with E-state index in [1.165, 1.54) is 20.6 Å². The number of hydrogen-bond donors (Lipinski definition) is 2. The highest BCUT2D eigenvalue weighted by Crippen LogP contribution is 2.31. The van der Waals surface area contributed by atoms with Gasteiger partial charge in [0.2, 0.25) is 5.91 Å². The molecule has 1 aliphatic rings. The summed E-state index contributed by atoms with van der Waals surface area (Å²) in [6.45, 7) is 2.37. The average molecular weight is 397 g/mol. The largest absolute Gasteiger partial charge is 0.493 e. The number of amides is 2. The SMILES string of the molecule is COc1cccc(C(=O)Nc2ccc(NC(=O)CN3CCCCC3)cc2)c1OC. The zero-order valence-corrected chi connectivity index (χ0v) is 16.9. The van der Waals surface area contributed by atoms with Crippen LogP contribution in [0.2, 0.25) is 0 Å². The predicted molar refractivity (Wildman–Crippen MR) is 113 cm³/mol. The summed E-state index contributed by atoms with van der Waals surface area (Å²) >= 11 is 0. The second kappa shape index (κ2) is 9.93. The molecule has 1 aliphatic heterocycles. The Balaban J connectivity index is 1.59. The first-order chi connectivity index (χ1) is 14.1. The van der Waals surface area contributed by atoms with Crippen molar-refractivity contribution in [1.29, 1.82) is 0 Å². The number of ether oxygens (including phenoxy) is 2. The van der Waals surface area contributed by atoms with Crippen LogP contribution in [-0.4, -0.2) is 50.6 Å². The summed E-state index contributed by atoms with van der Waals surface area (Å²) in [6.07, 6.45) is 3.55. The molecule has 3 rings (SSSR count). The molecule has 0 unspecified atom stereocenters. The number of rotatable bonds is 7. The van der Waals surface area contributed by atoms with Crippen LogP contribution in [-0.2, 0) is 4.79 Å². The molecule has 1 saturated heterocycles. The molecule has 7 nitrogen and oxygen atoms in total. The van der Waals surface area contributed by atoms with E-state index in [1.807, 2.05) is 0 Å². The molecule has 1 fully saturated rings. The monoisotopic (exact) mass is 397 g/mol. The number of hydrogen-bond acceptors (Lipinski definition) is 5. The first kappa shape index (κ1) is 20.7. The number of nitrogens with one attached hydrogen (secondary N) is 2. The predicted octanol–water partition coefficient (Wildman–Crippen LogP) is 3.38. The van der Waals surface area contributed by atoms with Crippen molar-refractivity contribution in [2.45, 2.75) is 19.3 Å². The number of piperidine rings is 1. The molecular formula is C22H27N3O4. The summed E-state index contributed by atoms with van der Waals surface area (Å²) in [5.74, 6) is 0.549. The van der Waals surface area contributed by atoms with Gasteiger partial charge in [-0.1, -0.05) is 12.5 Å². The molecule has 2 N–H and O–H groups in total. The molecule has 2 aromatic carbocycles. The Kier molecular flexibility index (Phi) is 7.08. The summed E-state index contributed by atoms with van der Waals surface area (Å²) in [5.41, 5.74) is 1.70. The van der Waals surface area contributed by atoms with E-state index >= 15 is 0 Å². The van der Waals surface area contributed by atoms with E-state index in [-0.39, 0.29) is 11.8 Å². The van der Waals surface area contributed by atoms with Gasteiger partial charge < -0.3 is 20.1 Å². The maximum Gasteiger partial charge on any atom is 0.259 e. The van der Waals surface area contributed by atoms with Gasteiger partial charge in [-0.15, -0.1) is 0 Å². The molecule has 0 atom stereocenters. The van der Waals surface area contributed by atoms with Crippen LogP contribution in [0, 0.1) is 0 Å². The lowest BCUT2D eigenvalue weighted by Gasteiger charge is -2.25. The van der Waals surface area contributed by atoms with Crippen LogP contribution < -0.4 is 20.1 Å². The van der Waals surface area contributed by atoms with E-state index < -0.39 is 0 Å². The van der Waals surface area contributed by atoms with E-state index in [4.69, 9.17) is 9.47 Å². The fraction of sp³-hybridized carbons (Fsp3) is 0.364. The van der Waals surface area contributed by atoms with E-state index in [9.17, 15) is 9.59 Å². The highest BCUT2D eigenvalue weighted by Gasteiger charge is 2.17. The van der Waals surface area contributed by atoms with Crippen molar-refractivity contribution >= 4 is 23.2 Å². The maximum atomic E-state index is 12.6. The maximum absolute atomic E-state index is 12.6. The van der Waals surface area contributed by atoms with Gasteiger partial charge in [0.25, 0.3) is 5.91 Å². The number of nitrogens with zero attached hydrogens (tertiary/aromatic N) is 1. The van der Waals surface area contributed by atoms with Crippen molar-refractivity contribution in [1.82, 2.24) is 4.90 Å². The second-order valence-electron chi connectivity index (χ2n) is 6.96. The van der Waals surface area contributed by atoms with Crippen molar-refractivity contribution < 1.29 is 19.1 Å². The Morgan fingerprint density at radius 3 is 2.17 bits per heavy atom. The van der Waals surface area contributed by atoms with Crippen LogP contribution in [0.4, 0.5) is 11.4 Å². The van der Waals surface area contributed by atoms with Gasteiger partial charge in [-0.25, -0.2) is 0 Å². The lowest BCUT2D eigenvalue weighted by Crippen LogP contribution is -2.36. The molecule has 0 radical (unpaired) electrons. The number of anilines is 2. The van der Waals surface area contributed by atoms with Gasteiger partial charge in [-0.05, 0) is 62.3 Å². The summed E-state index contributed by atoms with van der Waals surface area (Å²) in [6, 6.07) is 12.2. The van der Waals surface area contributed by atoms with Gasteiger partial charge in [0.05, 0.1) is 26.3 Å². The molecule has 1 heterocycles. The first-order valence-corrected chi connectivity index (χ1v) is 9.75. The number of likely N-dealkylation sites (tertiary alicyclic amines) is 1. The average Bonchev–Trinajstić information content (AvgIpc) is 2.75. The quantitative estimate of drug-likeness (QED) is 0.749. The third-order valence-corrected chi connectivity index (χ3v) is 4.89. The Bertz CT molecular complexity index is 846. The van der Waals surface area contributed by atoms with Crippen LogP contribution in [0.15, 0.2) is 42.5 Å². The minimum absolute atomic E-state index is 0.0233. The first-order valence-electron chi connectivity index (χ1n) is 9.75. The molecule has 2 aromatic rings. The van der Waals surface area contributed by atoms with E-state index in [2.05, 4.69) is 15.5 Å². The molecule has 29 heavy (non-hydrogen) atoms. The van der Waals surface area contributed by atoms with Gasteiger partial charge >= 0.3 is 0 Å². The second-order valence-corrected chi connectivity index (χ2v) is 6.96. The topological polar surface area (TPSA) is 79.9 Å². The van der Waals surface area contributed by atoms with Crippen LogP contribution in [0.25, 0.3) is 0 Å². The third-order valence-electron chi connectivity index (χ3n) is 4.89. The molecule has 0 aromatic heterocycles. The zero-order valence-electron chi connectivity index (χ0n) is 16.9. The number of carbonyl (C=O) groups is 2. The van der Waals surface area contributed by atoms with Crippen molar-refractivity contribution in [3.63, 3.8) is 0 Å². The Morgan fingerprint density at radius 1 is 0.897 bits per heavy atom. The standard InChI is InChI=1S/C22H27N3O4/c1-28-19-8-6-7-18(21(19)29-2)22(27)24-17-11-9-16(10-12-17)23-20(26)15-25-13-4-3-5-14-25/h6-12H,3-5,13-15H2,1-2H3,(H,23,26)(H,24,27). The summed E-state index contributed by atoms with van der Waals surface area (Å²) in [4.78, 5) is 27.0. The molecule has 2 amide bonds. The lowest BCUT2D eigenvalue weighted by molar-refractivity contribution is -0.117. The van der Waals surface area contributed by atoms with Gasteiger partial charge in [-0.2, -0.15) is 0 Å². The smallest absolute Gasteiger partial charge is 0.259 e. The minimum Gasteiger partial charge on any atom is -0.493 e. The Labute approximate surface area is 171 Å². The van der Waals surface area contributed by atoms with Gasteiger partial charge in [-0.3, -0.25) is 14.5 Å². The van der Waals surface area contributed by atoms with Crippen LogP contribution in [0.3, 0.4) is 0 Å². The third kappa shape index (κ3) is 5.48.